The highest BCUT2D eigenvalue weighted by Gasteiger charge is 2.30. The lowest BCUT2D eigenvalue weighted by atomic mass is 10.1. The molecule has 0 spiro atoms. The normalized spacial score (nSPS) is 12.5. The molecule has 0 bridgehead atoms. The average molecular weight is 389 g/mol. The van der Waals surface area contributed by atoms with Crippen LogP contribution < -0.4 is 5.32 Å². The quantitative estimate of drug-likeness (QED) is 0.818. The van der Waals surface area contributed by atoms with E-state index in [1.165, 1.54) is 11.9 Å². The van der Waals surface area contributed by atoms with Crippen molar-refractivity contribution in [1.82, 2.24) is 9.21 Å². The van der Waals surface area contributed by atoms with E-state index in [4.69, 9.17) is 0 Å². The molecule has 0 heterocycles. The van der Waals surface area contributed by atoms with Gasteiger partial charge >= 0.3 is 0 Å². The van der Waals surface area contributed by atoms with Crippen molar-refractivity contribution in [1.29, 1.82) is 0 Å². The molecular formula is C19H23N3O4S. The van der Waals surface area contributed by atoms with E-state index in [1.54, 1.807) is 68.7 Å². The van der Waals surface area contributed by atoms with Gasteiger partial charge in [-0.3, -0.25) is 9.59 Å². The van der Waals surface area contributed by atoms with E-state index in [2.05, 4.69) is 5.32 Å². The number of amides is 2. The maximum Gasteiger partial charge on any atom is 0.253 e. The first-order chi connectivity index (χ1) is 12.6. The van der Waals surface area contributed by atoms with Gasteiger partial charge in [-0.25, -0.2) is 8.42 Å². The first-order valence-electron chi connectivity index (χ1n) is 8.22. The van der Waals surface area contributed by atoms with Gasteiger partial charge in [0.15, 0.2) is 0 Å². The Labute approximate surface area is 159 Å². The van der Waals surface area contributed by atoms with Gasteiger partial charge in [0.25, 0.3) is 5.91 Å². The summed E-state index contributed by atoms with van der Waals surface area (Å²) in [6.07, 6.45) is 1.05. The monoisotopic (exact) mass is 389 g/mol. The Hall–Kier alpha value is -2.71. The summed E-state index contributed by atoms with van der Waals surface area (Å²) in [5.74, 6) is -0.632. The number of carbonyl (C=O) groups is 2. The molecule has 7 nitrogen and oxygen atoms in total. The highest BCUT2D eigenvalue weighted by molar-refractivity contribution is 7.88. The van der Waals surface area contributed by atoms with Gasteiger partial charge in [-0.05, 0) is 29.8 Å². The first-order valence-corrected chi connectivity index (χ1v) is 10.1. The molecule has 0 saturated heterocycles. The van der Waals surface area contributed by atoms with Crippen molar-refractivity contribution in [2.45, 2.75) is 6.04 Å². The van der Waals surface area contributed by atoms with E-state index in [0.29, 0.717) is 16.8 Å². The summed E-state index contributed by atoms with van der Waals surface area (Å²) < 4.78 is 25.0. The van der Waals surface area contributed by atoms with E-state index >= 15 is 0 Å². The second-order valence-corrected chi connectivity index (χ2v) is 8.40. The zero-order valence-electron chi connectivity index (χ0n) is 15.7. The number of rotatable bonds is 6. The smallest absolute Gasteiger partial charge is 0.253 e. The van der Waals surface area contributed by atoms with Gasteiger partial charge in [0.2, 0.25) is 15.9 Å². The number of nitrogens with one attached hydrogen (secondary N) is 1. The van der Waals surface area contributed by atoms with Crippen LogP contribution in [0.15, 0.2) is 54.6 Å². The average Bonchev–Trinajstić information content (AvgIpc) is 2.62. The molecule has 0 aliphatic carbocycles. The molecule has 0 saturated carbocycles. The summed E-state index contributed by atoms with van der Waals surface area (Å²) in [5.41, 5.74) is 1.52. The largest absolute Gasteiger partial charge is 0.345 e. The number of likely N-dealkylation sites (N-methyl/N-ethyl adjacent to an activating group) is 1. The van der Waals surface area contributed by atoms with Crippen molar-refractivity contribution in [2.24, 2.45) is 0 Å². The number of nitrogens with zero attached hydrogens (tertiary/aromatic N) is 2. The van der Waals surface area contributed by atoms with Crippen LogP contribution in [0.4, 0.5) is 5.69 Å². The van der Waals surface area contributed by atoms with Crippen LogP contribution in [0.5, 0.6) is 0 Å². The maximum atomic E-state index is 12.8. The summed E-state index contributed by atoms with van der Waals surface area (Å²) in [4.78, 5) is 26.2. The molecule has 0 aromatic heterocycles. The van der Waals surface area contributed by atoms with E-state index in [1.807, 2.05) is 0 Å². The molecule has 144 valence electrons. The van der Waals surface area contributed by atoms with Crippen LogP contribution in [0.3, 0.4) is 0 Å². The highest BCUT2D eigenvalue weighted by Crippen LogP contribution is 2.24. The van der Waals surface area contributed by atoms with Crippen molar-refractivity contribution >= 4 is 27.5 Å². The summed E-state index contributed by atoms with van der Waals surface area (Å²) in [6.45, 7) is 0. The summed E-state index contributed by atoms with van der Waals surface area (Å²) in [7, 11) is 1.09. The number of carbonyl (C=O) groups excluding carboxylic acids is 2. The summed E-state index contributed by atoms with van der Waals surface area (Å²) >= 11 is 0. The zero-order chi connectivity index (χ0) is 20.2. The van der Waals surface area contributed by atoms with Crippen LogP contribution in [0.1, 0.15) is 22.0 Å². The van der Waals surface area contributed by atoms with Gasteiger partial charge in [0.1, 0.15) is 6.04 Å². The Morgan fingerprint density at radius 2 is 1.48 bits per heavy atom. The SMILES string of the molecule is CN(C)C(=O)c1ccc(NC(=O)[C@H](c2ccccc2)N(C)S(C)(=O)=O)cc1. The van der Waals surface area contributed by atoms with Gasteiger partial charge in [-0.1, -0.05) is 30.3 Å². The van der Waals surface area contributed by atoms with Gasteiger partial charge in [0.05, 0.1) is 6.26 Å². The molecule has 0 unspecified atom stereocenters. The predicted octanol–water partition coefficient (Wildman–Crippen LogP) is 1.96. The molecule has 0 aliphatic rings. The van der Waals surface area contributed by atoms with Gasteiger partial charge in [0, 0.05) is 32.4 Å². The summed E-state index contributed by atoms with van der Waals surface area (Å²) in [5, 5.41) is 2.72. The van der Waals surface area contributed by atoms with E-state index in [0.717, 1.165) is 10.6 Å². The van der Waals surface area contributed by atoms with Crippen LogP contribution in [0.25, 0.3) is 0 Å². The van der Waals surface area contributed by atoms with E-state index in [-0.39, 0.29) is 5.91 Å². The Balaban J connectivity index is 2.27. The van der Waals surface area contributed by atoms with Crippen LogP contribution in [0.2, 0.25) is 0 Å². The minimum absolute atomic E-state index is 0.146. The lowest BCUT2D eigenvalue weighted by Crippen LogP contribution is -2.38. The third-order valence-electron chi connectivity index (χ3n) is 4.06. The number of anilines is 1. The van der Waals surface area contributed by atoms with Crippen molar-refractivity contribution in [2.75, 3.05) is 32.7 Å². The van der Waals surface area contributed by atoms with E-state index < -0.39 is 22.0 Å². The highest BCUT2D eigenvalue weighted by atomic mass is 32.2. The minimum Gasteiger partial charge on any atom is -0.345 e. The predicted molar refractivity (Wildman–Crippen MR) is 105 cm³/mol. The van der Waals surface area contributed by atoms with Gasteiger partial charge in [-0.15, -0.1) is 0 Å². The Bertz CT molecular complexity index is 910. The van der Waals surface area contributed by atoms with Crippen molar-refractivity contribution < 1.29 is 18.0 Å². The first kappa shape index (κ1) is 20.6. The molecule has 27 heavy (non-hydrogen) atoms. The zero-order valence-corrected chi connectivity index (χ0v) is 16.5. The van der Waals surface area contributed by atoms with Crippen LogP contribution in [0, 0.1) is 0 Å². The van der Waals surface area contributed by atoms with E-state index in [9.17, 15) is 18.0 Å². The Morgan fingerprint density at radius 3 is 1.96 bits per heavy atom. The molecule has 1 N–H and O–H groups in total. The number of sulfonamides is 1. The fourth-order valence-corrected chi connectivity index (χ4v) is 3.12. The third kappa shape index (κ3) is 5.15. The molecule has 8 heteroatoms. The fourth-order valence-electron chi connectivity index (χ4n) is 2.52. The maximum absolute atomic E-state index is 12.8. The second kappa shape index (κ2) is 8.32. The number of hydrogen-bond donors (Lipinski definition) is 1. The van der Waals surface area contributed by atoms with Crippen molar-refractivity contribution in [3.05, 3.63) is 65.7 Å². The topological polar surface area (TPSA) is 86.8 Å². The van der Waals surface area contributed by atoms with Crippen LogP contribution >= 0.6 is 0 Å². The Kier molecular flexibility index (Phi) is 6.35. The molecule has 1 atom stereocenters. The standard InChI is InChI=1S/C19H23N3O4S/c1-21(2)19(24)15-10-12-16(13-11-15)20-18(23)17(22(3)27(4,25)26)14-8-6-5-7-9-14/h5-13,17H,1-4H3,(H,20,23)/t17-/m0/s1. The van der Waals surface area contributed by atoms with Gasteiger partial charge < -0.3 is 10.2 Å². The third-order valence-corrected chi connectivity index (χ3v) is 5.31. The Morgan fingerprint density at radius 1 is 0.926 bits per heavy atom. The van der Waals surface area contributed by atoms with Crippen molar-refractivity contribution in [3.8, 4) is 0 Å². The van der Waals surface area contributed by atoms with Gasteiger partial charge in [-0.2, -0.15) is 4.31 Å². The summed E-state index contributed by atoms with van der Waals surface area (Å²) in [6, 6.07) is 14.1. The molecule has 0 radical (unpaired) electrons. The van der Waals surface area contributed by atoms with Crippen LogP contribution in [-0.4, -0.2) is 56.8 Å². The minimum atomic E-state index is -3.59. The van der Waals surface area contributed by atoms with Crippen LogP contribution in [-0.2, 0) is 14.8 Å². The fraction of sp³-hybridized carbons (Fsp3) is 0.263. The molecule has 2 rings (SSSR count). The molecule has 0 aliphatic heterocycles. The number of hydrogen-bond acceptors (Lipinski definition) is 4. The molecular weight excluding hydrogens is 366 g/mol. The number of benzene rings is 2. The lowest BCUT2D eigenvalue weighted by molar-refractivity contribution is -0.119. The molecule has 2 amide bonds. The molecule has 0 fully saturated rings. The second-order valence-electron chi connectivity index (χ2n) is 6.36. The molecule has 2 aromatic carbocycles. The lowest BCUT2D eigenvalue weighted by Gasteiger charge is -2.25. The van der Waals surface area contributed by atoms with Crippen molar-refractivity contribution in [3.63, 3.8) is 0 Å². The molecule has 2 aromatic rings.